The molecule has 0 bridgehead atoms. The van der Waals surface area contributed by atoms with E-state index < -0.39 is 0 Å². The van der Waals surface area contributed by atoms with Crippen LogP contribution in [0, 0.1) is 0 Å². The zero-order valence-electron chi connectivity index (χ0n) is 15.5. The number of hydrogen-bond donors (Lipinski definition) is 1. The highest BCUT2D eigenvalue weighted by atomic mass is 16.2. The fourth-order valence-electron chi connectivity index (χ4n) is 3.36. The van der Waals surface area contributed by atoms with Crippen LogP contribution in [-0.2, 0) is 11.3 Å². The van der Waals surface area contributed by atoms with Gasteiger partial charge in [0.2, 0.25) is 5.91 Å². The molecular formula is C22H22N4O2. The van der Waals surface area contributed by atoms with E-state index in [1.165, 1.54) is 0 Å². The van der Waals surface area contributed by atoms with Crippen LogP contribution in [-0.4, -0.2) is 33.0 Å². The largest absolute Gasteiger partial charge is 0.338 e. The number of nitrogens with one attached hydrogen (secondary N) is 1. The summed E-state index contributed by atoms with van der Waals surface area (Å²) < 4.78 is 1.67. The summed E-state index contributed by atoms with van der Waals surface area (Å²) in [6.45, 7) is 1.38. The topological polar surface area (TPSA) is 67.2 Å². The number of piperidine rings is 1. The van der Waals surface area contributed by atoms with Gasteiger partial charge < -0.3 is 10.2 Å². The fourth-order valence-corrected chi connectivity index (χ4v) is 3.36. The van der Waals surface area contributed by atoms with Crippen LogP contribution in [0.5, 0.6) is 0 Å². The summed E-state index contributed by atoms with van der Waals surface area (Å²) in [5, 5.41) is 7.18. The van der Waals surface area contributed by atoms with Gasteiger partial charge in [-0.05, 0) is 42.7 Å². The van der Waals surface area contributed by atoms with Gasteiger partial charge >= 0.3 is 0 Å². The lowest BCUT2D eigenvalue weighted by Crippen LogP contribution is -2.34. The predicted octanol–water partition coefficient (Wildman–Crippen LogP) is 3.64. The van der Waals surface area contributed by atoms with Gasteiger partial charge in [0.1, 0.15) is 0 Å². The summed E-state index contributed by atoms with van der Waals surface area (Å²) in [5.41, 5.74) is 3.10. The minimum absolute atomic E-state index is 0.203. The molecule has 3 aromatic rings. The van der Waals surface area contributed by atoms with E-state index >= 15 is 0 Å². The molecular weight excluding hydrogens is 352 g/mol. The number of benzene rings is 2. The van der Waals surface area contributed by atoms with Gasteiger partial charge in [-0.25, -0.2) is 4.68 Å². The Bertz CT molecular complexity index is 981. The Morgan fingerprint density at radius 1 is 1.07 bits per heavy atom. The van der Waals surface area contributed by atoms with E-state index in [0.717, 1.165) is 30.6 Å². The van der Waals surface area contributed by atoms with Crippen LogP contribution in [0.3, 0.4) is 0 Å². The van der Waals surface area contributed by atoms with Crippen LogP contribution in [0.25, 0.3) is 5.69 Å². The van der Waals surface area contributed by atoms with Gasteiger partial charge in [-0.3, -0.25) is 9.59 Å². The van der Waals surface area contributed by atoms with Crippen molar-refractivity contribution < 1.29 is 9.59 Å². The van der Waals surface area contributed by atoms with E-state index in [0.29, 0.717) is 24.2 Å². The van der Waals surface area contributed by atoms with Gasteiger partial charge in [-0.1, -0.05) is 30.3 Å². The molecule has 6 nitrogen and oxygen atoms in total. The molecule has 1 aliphatic heterocycles. The summed E-state index contributed by atoms with van der Waals surface area (Å²) in [6.07, 6.45) is 5.91. The Labute approximate surface area is 163 Å². The van der Waals surface area contributed by atoms with Crippen molar-refractivity contribution in [1.82, 2.24) is 14.7 Å². The van der Waals surface area contributed by atoms with Crippen molar-refractivity contribution in [1.29, 1.82) is 0 Å². The molecule has 0 atom stereocenters. The minimum Gasteiger partial charge on any atom is -0.338 e. The molecule has 1 aliphatic rings. The first-order chi connectivity index (χ1) is 13.7. The smallest absolute Gasteiger partial charge is 0.258 e. The van der Waals surface area contributed by atoms with Crippen LogP contribution in [0.4, 0.5) is 5.69 Å². The maximum Gasteiger partial charge on any atom is 0.258 e. The Morgan fingerprint density at radius 3 is 2.75 bits per heavy atom. The molecule has 1 aromatic heterocycles. The number of rotatable bonds is 5. The molecule has 1 N–H and O–H groups in total. The van der Waals surface area contributed by atoms with Crippen molar-refractivity contribution >= 4 is 17.5 Å². The lowest BCUT2D eigenvalue weighted by molar-refractivity contribution is -0.133. The highest BCUT2D eigenvalue weighted by Gasteiger charge is 2.18. The van der Waals surface area contributed by atoms with Crippen LogP contribution in [0.1, 0.15) is 35.2 Å². The summed E-state index contributed by atoms with van der Waals surface area (Å²) in [7, 11) is 0. The van der Waals surface area contributed by atoms with E-state index in [4.69, 9.17) is 0 Å². The highest BCUT2D eigenvalue weighted by molar-refractivity contribution is 6.04. The van der Waals surface area contributed by atoms with E-state index in [1.807, 2.05) is 59.5 Å². The molecule has 2 amide bonds. The molecule has 2 aromatic carbocycles. The molecule has 4 rings (SSSR count). The predicted molar refractivity (Wildman–Crippen MR) is 107 cm³/mol. The first kappa shape index (κ1) is 18.0. The first-order valence-corrected chi connectivity index (χ1v) is 9.47. The molecule has 0 radical (unpaired) electrons. The van der Waals surface area contributed by atoms with E-state index in [-0.39, 0.29) is 11.8 Å². The monoisotopic (exact) mass is 374 g/mol. The number of aromatic nitrogens is 2. The number of likely N-dealkylation sites (tertiary alicyclic amines) is 1. The van der Waals surface area contributed by atoms with Crippen LogP contribution < -0.4 is 5.32 Å². The highest BCUT2D eigenvalue weighted by Crippen LogP contribution is 2.18. The van der Waals surface area contributed by atoms with Gasteiger partial charge in [0.05, 0.1) is 17.4 Å². The second-order valence-electron chi connectivity index (χ2n) is 6.94. The number of para-hydroxylation sites is 1. The molecule has 28 heavy (non-hydrogen) atoms. The second kappa shape index (κ2) is 8.08. The molecule has 2 heterocycles. The van der Waals surface area contributed by atoms with Crippen molar-refractivity contribution in [2.75, 3.05) is 11.9 Å². The second-order valence-corrected chi connectivity index (χ2v) is 6.94. The SMILES string of the molecule is O=C(Nc1cccc(CN2CCCCC2=O)c1)c1cnn(-c2ccccc2)c1. The Morgan fingerprint density at radius 2 is 1.93 bits per heavy atom. The number of carbonyl (C=O) groups is 2. The lowest BCUT2D eigenvalue weighted by atomic mass is 10.1. The van der Waals surface area contributed by atoms with E-state index in [9.17, 15) is 9.59 Å². The van der Waals surface area contributed by atoms with Crippen LogP contribution >= 0.6 is 0 Å². The first-order valence-electron chi connectivity index (χ1n) is 9.47. The average Bonchev–Trinajstić information content (AvgIpc) is 3.21. The summed E-state index contributed by atoms with van der Waals surface area (Å²) in [4.78, 5) is 26.5. The molecule has 142 valence electrons. The quantitative estimate of drug-likeness (QED) is 0.741. The normalized spacial score (nSPS) is 14.1. The maximum atomic E-state index is 12.6. The minimum atomic E-state index is -0.214. The van der Waals surface area contributed by atoms with Crippen LogP contribution in [0.2, 0.25) is 0 Å². The molecule has 1 saturated heterocycles. The third-order valence-corrected chi connectivity index (χ3v) is 4.85. The summed E-state index contributed by atoms with van der Waals surface area (Å²) in [6, 6.07) is 17.3. The number of nitrogens with zero attached hydrogens (tertiary/aromatic N) is 3. The number of carbonyl (C=O) groups excluding carboxylic acids is 2. The third kappa shape index (κ3) is 4.11. The molecule has 0 saturated carbocycles. The van der Waals surface area contributed by atoms with Crippen LogP contribution in [0.15, 0.2) is 67.0 Å². The molecule has 0 spiro atoms. The Balaban J connectivity index is 1.43. The molecule has 1 fully saturated rings. The number of hydrogen-bond acceptors (Lipinski definition) is 3. The van der Waals surface area contributed by atoms with Gasteiger partial charge in [0.15, 0.2) is 0 Å². The van der Waals surface area contributed by atoms with Crippen molar-refractivity contribution in [2.24, 2.45) is 0 Å². The zero-order chi connectivity index (χ0) is 19.3. The third-order valence-electron chi connectivity index (χ3n) is 4.85. The average molecular weight is 374 g/mol. The fraction of sp³-hybridized carbons (Fsp3) is 0.227. The number of amides is 2. The van der Waals surface area contributed by atoms with Gasteiger partial charge in [0.25, 0.3) is 5.91 Å². The van der Waals surface area contributed by atoms with E-state index in [1.54, 1.807) is 17.1 Å². The van der Waals surface area contributed by atoms with E-state index in [2.05, 4.69) is 10.4 Å². The molecule has 0 unspecified atom stereocenters. The van der Waals surface area contributed by atoms with Crippen molar-refractivity contribution in [3.63, 3.8) is 0 Å². The lowest BCUT2D eigenvalue weighted by Gasteiger charge is -2.26. The summed E-state index contributed by atoms with van der Waals surface area (Å²) >= 11 is 0. The number of anilines is 1. The molecule has 0 aliphatic carbocycles. The van der Waals surface area contributed by atoms with Crippen molar-refractivity contribution in [2.45, 2.75) is 25.8 Å². The van der Waals surface area contributed by atoms with Gasteiger partial charge in [-0.2, -0.15) is 5.10 Å². The van der Waals surface area contributed by atoms with Gasteiger partial charge in [0, 0.05) is 31.4 Å². The van der Waals surface area contributed by atoms with Crippen molar-refractivity contribution in [3.8, 4) is 5.69 Å². The standard InChI is InChI=1S/C22H22N4O2/c27-21-11-4-5-12-25(21)15-17-7-6-8-19(13-17)24-22(28)18-14-23-26(16-18)20-9-2-1-3-10-20/h1-3,6-10,13-14,16H,4-5,11-12,15H2,(H,24,28). The Kier molecular flexibility index (Phi) is 5.19. The summed E-state index contributed by atoms with van der Waals surface area (Å²) in [5.74, 6) is -0.0117. The zero-order valence-corrected chi connectivity index (χ0v) is 15.5. The Hall–Kier alpha value is -3.41. The molecule has 6 heteroatoms. The van der Waals surface area contributed by atoms with Crippen molar-refractivity contribution in [3.05, 3.63) is 78.1 Å². The van der Waals surface area contributed by atoms with Gasteiger partial charge in [-0.15, -0.1) is 0 Å². The maximum absolute atomic E-state index is 12.6.